The third-order valence-corrected chi connectivity index (χ3v) is 4.76. The van der Waals surface area contributed by atoms with E-state index in [-0.39, 0.29) is 11.6 Å². The molecule has 0 spiro atoms. The highest BCUT2D eigenvalue weighted by atomic mass is 35.5. The molecule has 0 radical (unpaired) electrons. The first kappa shape index (κ1) is 13.5. The molecule has 0 heterocycles. The normalized spacial score (nSPS) is 13.8. The monoisotopic (exact) mass is 262 g/mol. The molecule has 0 fully saturated rings. The second kappa shape index (κ2) is 5.17. The van der Waals surface area contributed by atoms with Crippen LogP contribution in [0, 0.1) is 13.8 Å². The number of aryl methyl sites for hydroxylation is 2. The van der Waals surface area contributed by atoms with Gasteiger partial charge in [0.2, 0.25) is 0 Å². The van der Waals surface area contributed by atoms with Crippen molar-refractivity contribution in [3.8, 4) is 0 Å². The molecule has 0 amide bonds. The summed E-state index contributed by atoms with van der Waals surface area (Å²) in [5.41, 5.74) is 1.39. The van der Waals surface area contributed by atoms with E-state index in [0.717, 1.165) is 0 Å². The van der Waals surface area contributed by atoms with Gasteiger partial charge in [0, 0.05) is 5.88 Å². The van der Waals surface area contributed by atoms with Crippen LogP contribution in [0.4, 0.5) is 0 Å². The Balaban J connectivity index is 3.17. The summed E-state index contributed by atoms with van der Waals surface area (Å²) in [5.74, 6) is -0.410. The number of alkyl halides is 1. The molecule has 1 N–H and O–H groups in total. The number of halogens is 1. The average molecular weight is 263 g/mol. The number of sulfone groups is 1. The lowest BCUT2D eigenvalue weighted by Crippen LogP contribution is -2.23. The Labute approximate surface area is 101 Å². The molecule has 0 aliphatic heterocycles. The van der Waals surface area contributed by atoms with Gasteiger partial charge in [-0.25, -0.2) is 8.42 Å². The molecule has 0 aromatic heterocycles. The Hall–Kier alpha value is -0.580. The Morgan fingerprint density at radius 2 is 1.81 bits per heavy atom. The molecule has 0 saturated heterocycles. The Morgan fingerprint density at radius 3 is 2.25 bits per heavy atom. The highest BCUT2D eigenvalue weighted by molar-refractivity contribution is 7.91. The fraction of sp³-hybridized carbons (Fsp3) is 0.455. The maximum absolute atomic E-state index is 12.0. The van der Waals surface area contributed by atoms with E-state index in [1.165, 1.54) is 0 Å². The van der Waals surface area contributed by atoms with Gasteiger partial charge in [0.05, 0.1) is 16.8 Å². The van der Waals surface area contributed by atoms with Crippen molar-refractivity contribution >= 4 is 21.4 Å². The first-order valence-electron chi connectivity index (χ1n) is 4.91. The summed E-state index contributed by atoms with van der Waals surface area (Å²) in [6.07, 6.45) is -1.02. The van der Waals surface area contributed by atoms with Crippen LogP contribution in [0.1, 0.15) is 11.1 Å². The van der Waals surface area contributed by atoms with Gasteiger partial charge in [-0.2, -0.15) is 0 Å². The van der Waals surface area contributed by atoms with Crippen LogP contribution in [0.25, 0.3) is 0 Å². The number of hydrogen-bond acceptors (Lipinski definition) is 3. The highest BCUT2D eigenvalue weighted by Gasteiger charge is 2.22. The largest absolute Gasteiger partial charge is 0.391 e. The molecule has 1 atom stereocenters. The summed E-state index contributed by atoms with van der Waals surface area (Å²) in [6, 6.07) is 5.29. The first-order valence-corrected chi connectivity index (χ1v) is 7.10. The van der Waals surface area contributed by atoms with Gasteiger partial charge >= 0.3 is 0 Å². The molecule has 0 aliphatic rings. The third kappa shape index (κ3) is 2.97. The van der Waals surface area contributed by atoms with Crippen LogP contribution in [0.3, 0.4) is 0 Å². The standard InChI is InChI=1S/C11H15ClO3S/c1-8-4-3-5-9(2)11(8)16(14,15)7-10(13)6-12/h3-5,10,13H,6-7H2,1-2H3. The van der Waals surface area contributed by atoms with E-state index in [4.69, 9.17) is 11.6 Å². The van der Waals surface area contributed by atoms with Crippen LogP contribution in [-0.2, 0) is 9.84 Å². The minimum Gasteiger partial charge on any atom is -0.391 e. The van der Waals surface area contributed by atoms with Gasteiger partial charge < -0.3 is 5.11 Å². The fourth-order valence-corrected chi connectivity index (χ4v) is 3.82. The maximum atomic E-state index is 12.0. The summed E-state index contributed by atoms with van der Waals surface area (Å²) >= 11 is 5.41. The predicted octanol–water partition coefficient (Wildman–Crippen LogP) is 1.68. The summed E-state index contributed by atoms with van der Waals surface area (Å²) < 4.78 is 24.0. The van der Waals surface area contributed by atoms with E-state index in [0.29, 0.717) is 16.0 Å². The predicted molar refractivity (Wildman–Crippen MR) is 64.7 cm³/mol. The van der Waals surface area contributed by atoms with Gasteiger partial charge in [-0.05, 0) is 25.0 Å². The summed E-state index contributed by atoms with van der Waals surface area (Å²) in [4.78, 5) is 0.305. The van der Waals surface area contributed by atoms with Crippen molar-refractivity contribution in [2.75, 3.05) is 11.6 Å². The SMILES string of the molecule is Cc1cccc(C)c1S(=O)(=O)CC(O)CCl. The minimum absolute atomic E-state index is 0.0792. The molecule has 0 aliphatic carbocycles. The zero-order valence-corrected chi connectivity index (χ0v) is 10.8. The Morgan fingerprint density at radius 1 is 1.31 bits per heavy atom. The van der Waals surface area contributed by atoms with E-state index in [2.05, 4.69) is 0 Å². The van der Waals surface area contributed by atoms with Gasteiger partial charge in [0.15, 0.2) is 9.84 Å². The molecule has 1 aromatic carbocycles. The molecule has 0 saturated carbocycles. The quantitative estimate of drug-likeness (QED) is 0.840. The summed E-state index contributed by atoms with van der Waals surface area (Å²) in [7, 11) is -3.47. The molecular weight excluding hydrogens is 248 g/mol. The second-order valence-corrected chi connectivity index (χ2v) is 6.09. The summed E-state index contributed by atoms with van der Waals surface area (Å²) in [5, 5.41) is 9.33. The lowest BCUT2D eigenvalue weighted by atomic mass is 10.2. The van der Waals surface area contributed by atoms with Gasteiger partial charge in [-0.15, -0.1) is 11.6 Å². The van der Waals surface area contributed by atoms with Gasteiger partial charge in [0.25, 0.3) is 0 Å². The lowest BCUT2D eigenvalue weighted by Gasteiger charge is -2.12. The zero-order valence-electron chi connectivity index (χ0n) is 9.27. The molecule has 1 aromatic rings. The van der Waals surface area contributed by atoms with Crippen LogP contribution < -0.4 is 0 Å². The maximum Gasteiger partial charge on any atom is 0.181 e. The number of aliphatic hydroxyl groups excluding tert-OH is 1. The van der Waals surface area contributed by atoms with Crippen molar-refractivity contribution in [3.05, 3.63) is 29.3 Å². The molecule has 3 nitrogen and oxygen atoms in total. The van der Waals surface area contributed by atoms with Gasteiger partial charge in [-0.3, -0.25) is 0 Å². The Kier molecular flexibility index (Phi) is 4.35. The number of rotatable bonds is 4. The molecule has 1 rings (SSSR count). The van der Waals surface area contributed by atoms with Crippen molar-refractivity contribution in [2.24, 2.45) is 0 Å². The van der Waals surface area contributed by atoms with Crippen LogP contribution in [-0.4, -0.2) is 31.3 Å². The van der Waals surface area contributed by atoms with Crippen LogP contribution >= 0.6 is 11.6 Å². The van der Waals surface area contributed by atoms with Crippen molar-refractivity contribution in [1.29, 1.82) is 0 Å². The fourth-order valence-electron chi connectivity index (χ4n) is 1.67. The number of hydrogen-bond donors (Lipinski definition) is 1. The van der Waals surface area contributed by atoms with Crippen molar-refractivity contribution in [3.63, 3.8) is 0 Å². The second-order valence-electron chi connectivity index (χ2n) is 3.81. The van der Waals surface area contributed by atoms with Crippen molar-refractivity contribution < 1.29 is 13.5 Å². The third-order valence-electron chi connectivity index (χ3n) is 2.31. The van der Waals surface area contributed by atoms with Crippen molar-refractivity contribution in [1.82, 2.24) is 0 Å². The first-order chi connectivity index (χ1) is 7.38. The van der Waals surface area contributed by atoms with Crippen LogP contribution in [0.2, 0.25) is 0 Å². The molecule has 1 unspecified atom stereocenters. The zero-order chi connectivity index (χ0) is 12.3. The highest BCUT2D eigenvalue weighted by Crippen LogP contribution is 2.21. The molecular formula is C11H15ClO3S. The smallest absolute Gasteiger partial charge is 0.181 e. The van der Waals surface area contributed by atoms with E-state index >= 15 is 0 Å². The van der Waals surface area contributed by atoms with Gasteiger partial charge in [0.1, 0.15) is 0 Å². The summed E-state index contributed by atoms with van der Waals surface area (Å²) in [6.45, 7) is 3.49. The van der Waals surface area contributed by atoms with Crippen LogP contribution in [0.15, 0.2) is 23.1 Å². The Bertz CT molecular complexity index is 448. The molecule has 90 valence electrons. The van der Waals surface area contributed by atoms with E-state index in [9.17, 15) is 13.5 Å². The van der Waals surface area contributed by atoms with E-state index in [1.807, 2.05) is 6.07 Å². The molecule has 0 bridgehead atoms. The lowest BCUT2D eigenvalue weighted by molar-refractivity contribution is 0.221. The van der Waals surface area contributed by atoms with E-state index in [1.54, 1.807) is 26.0 Å². The van der Waals surface area contributed by atoms with Crippen LogP contribution in [0.5, 0.6) is 0 Å². The number of benzene rings is 1. The molecule has 16 heavy (non-hydrogen) atoms. The molecule has 5 heteroatoms. The van der Waals surface area contributed by atoms with E-state index < -0.39 is 15.9 Å². The topological polar surface area (TPSA) is 54.4 Å². The average Bonchev–Trinajstić information content (AvgIpc) is 2.16. The number of aliphatic hydroxyl groups is 1. The minimum atomic E-state index is -3.47. The van der Waals surface area contributed by atoms with Gasteiger partial charge in [-0.1, -0.05) is 18.2 Å². The van der Waals surface area contributed by atoms with Crippen molar-refractivity contribution in [2.45, 2.75) is 24.8 Å².